The maximum atomic E-state index is 12.2. The SMILES string of the molecule is CCOC(=O)Cc1ccc(Cl)c(OC(F)F)c1Br. The molecule has 0 saturated heterocycles. The van der Waals surface area contributed by atoms with E-state index in [1.807, 2.05) is 0 Å². The van der Waals surface area contributed by atoms with Crippen LogP contribution in [-0.4, -0.2) is 19.2 Å². The van der Waals surface area contributed by atoms with Crippen LogP contribution in [0.2, 0.25) is 5.02 Å². The summed E-state index contributed by atoms with van der Waals surface area (Å²) in [5, 5.41) is 0.0368. The highest BCUT2D eigenvalue weighted by Gasteiger charge is 2.17. The topological polar surface area (TPSA) is 35.5 Å². The van der Waals surface area contributed by atoms with E-state index in [0.717, 1.165) is 0 Å². The molecular weight excluding hydrogens is 333 g/mol. The summed E-state index contributed by atoms with van der Waals surface area (Å²) in [6, 6.07) is 2.93. The van der Waals surface area contributed by atoms with E-state index in [9.17, 15) is 13.6 Å². The first-order valence-corrected chi connectivity index (χ1v) is 6.20. The zero-order chi connectivity index (χ0) is 13.7. The van der Waals surface area contributed by atoms with Crippen LogP contribution in [0.15, 0.2) is 16.6 Å². The zero-order valence-electron chi connectivity index (χ0n) is 9.38. The summed E-state index contributed by atoms with van der Waals surface area (Å²) in [6.45, 7) is -1.05. The van der Waals surface area contributed by atoms with E-state index in [4.69, 9.17) is 16.3 Å². The van der Waals surface area contributed by atoms with Crippen LogP contribution in [0.3, 0.4) is 0 Å². The number of carbonyl (C=O) groups excluding carboxylic acids is 1. The molecule has 0 aliphatic carbocycles. The van der Waals surface area contributed by atoms with Crippen molar-refractivity contribution in [2.45, 2.75) is 20.0 Å². The minimum atomic E-state index is -2.99. The molecule has 0 fully saturated rings. The molecule has 0 heterocycles. The van der Waals surface area contributed by atoms with Crippen molar-refractivity contribution in [2.24, 2.45) is 0 Å². The van der Waals surface area contributed by atoms with Crippen molar-refractivity contribution in [1.82, 2.24) is 0 Å². The van der Waals surface area contributed by atoms with Gasteiger partial charge in [-0.1, -0.05) is 17.7 Å². The quantitative estimate of drug-likeness (QED) is 0.763. The van der Waals surface area contributed by atoms with Crippen LogP contribution in [0.1, 0.15) is 12.5 Å². The van der Waals surface area contributed by atoms with Crippen LogP contribution < -0.4 is 4.74 Å². The molecule has 0 radical (unpaired) electrons. The van der Waals surface area contributed by atoms with Crippen LogP contribution in [0.25, 0.3) is 0 Å². The smallest absolute Gasteiger partial charge is 0.387 e. The van der Waals surface area contributed by atoms with E-state index in [1.54, 1.807) is 13.0 Å². The Balaban J connectivity index is 2.97. The number of hydrogen-bond donors (Lipinski definition) is 0. The number of carbonyl (C=O) groups is 1. The highest BCUT2D eigenvalue weighted by molar-refractivity contribution is 9.10. The molecular formula is C11H10BrClF2O3. The third-order valence-electron chi connectivity index (χ3n) is 1.98. The minimum absolute atomic E-state index is 0.0368. The second kappa shape index (κ2) is 6.89. The number of halogens is 4. The lowest BCUT2D eigenvalue weighted by molar-refractivity contribution is -0.142. The number of alkyl halides is 2. The van der Waals surface area contributed by atoms with Gasteiger partial charge < -0.3 is 9.47 Å². The van der Waals surface area contributed by atoms with E-state index in [0.29, 0.717) is 5.56 Å². The summed E-state index contributed by atoms with van der Waals surface area (Å²) < 4.78 is 33.7. The molecule has 0 aromatic heterocycles. The van der Waals surface area contributed by atoms with Crippen molar-refractivity contribution >= 4 is 33.5 Å². The second-order valence-corrected chi connectivity index (χ2v) is 4.41. The maximum absolute atomic E-state index is 12.2. The predicted molar refractivity (Wildman–Crippen MR) is 66.1 cm³/mol. The Hall–Kier alpha value is -0.880. The van der Waals surface area contributed by atoms with Gasteiger partial charge in [0.25, 0.3) is 0 Å². The largest absolute Gasteiger partial charge is 0.466 e. The zero-order valence-corrected chi connectivity index (χ0v) is 11.7. The van der Waals surface area contributed by atoms with E-state index < -0.39 is 12.6 Å². The van der Waals surface area contributed by atoms with Crippen molar-refractivity contribution in [1.29, 1.82) is 0 Å². The molecule has 0 unspecified atom stereocenters. The van der Waals surface area contributed by atoms with Crippen molar-refractivity contribution in [3.63, 3.8) is 0 Å². The number of hydrogen-bond acceptors (Lipinski definition) is 3. The Kier molecular flexibility index (Phi) is 5.81. The first-order chi connectivity index (χ1) is 8.45. The van der Waals surface area contributed by atoms with Gasteiger partial charge in [-0.05, 0) is 34.5 Å². The van der Waals surface area contributed by atoms with Crippen molar-refractivity contribution < 1.29 is 23.0 Å². The van der Waals surface area contributed by atoms with Crippen LogP contribution in [0.4, 0.5) is 8.78 Å². The van der Waals surface area contributed by atoms with Gasteiger partial charge in [-0.2, -0.15) is 8.78 Å². The molecule has 1 aromatic carbocycles. The summed E-state index contributed by atoms with van der Waals surface area (Å²) in [7, 11) is 0. The van der Waals surface area contributed by atoms with Gasteiger partial charge in [0.1, 0.15) is 0 Å². The molecule has 0 amide bonds. The van der Waals surface area contributed by atoms with Crippen LogP contribution in [-0.2, 0) is 16.0 Å². The van der Waals surface area contributed by atoms with Crippen molar-refractivity contribution in [3.05, 3.63) is 27.2 Å². The molecule has 1 aromatic rings. The van der Waals surface area contributed by atoms with Gasteiger partial charge in [-0.3, -0.25) is 4.79 Å². The Bertz CT molecular complexity index is 441. The van der Waals surface area contributed by atoms with E-state index in [2.05, 4.69) is 20.7 Å². The highest BCUT2D eigenvalue weighted by Crippen LogP contribution is 2.37. The molecule has 7 heteroatoms. The molecule has 0 bridgehead atoms. The van der Waals surface area contributed by atoms with Crippen LogP contribution in [0.5, 0.6) is 5.75 Å². The van der Waals surface area contributed by atoms with Crippen LogP contribution >= 0.6 is 27.5 Å². The lowest BCUT2D eigenvalue weighted by atomic mass is 10.1. The van der Waals surface area contributed by atoms with E-state index in [-0.39, 0.29) is 28.3 Å². The minimum Gasteiger partial charge on any atom is -0.466 e. The average Bonchev–Trinajstić information content (AvgIpc) is 2.28. The molecule has 0 spiro atoms. The number of esters is 1. The fourth-order valence-electron chi connectivity index (χ4n) is 1.27. The summed E-state index contributed by atoms with van der Waals surface area (Å²) in [6.07, 6.45) is -0.0504. The van der Waals surface area contributed by atoms with Crippen molar-refractivity contribution in [3.8, 4) is 5.75 Å². The summed E-state index contributed by atoms with van der Waals surface area (Å²) in [5.41, 5.74) is 0.466. The molecule has 0 saturated carbocycles. The molecule has 0 N–H and O–H groups in total. The third kappa shape index (κ3) is 4.10. The highest BCUT2D eigenvalue weighted by atomic mass is 79.9. The average molecular weight is 344 g/mol. The van der Waals surface area contributed by atoms with Gasteiger partial charge in [0.05, 0.1) is 22.5 Å². The Morgan fingerprint density at radius 1 is 1.50 bits per heavy atom. The lowest BCUT2D eigenvalue weighted by Gasteiger charge is -2.12. The van der Waals surface area contributed by atoms with Gasteiger partial charge in [0.2, 0.25) is 0 Å². The van der Waals surface area contributed by atoms with E-state index >= 15 is 0 Å². The fraction of sp³-hybridized carbons (Fsp3) is 0.364. The standard InChI is InChI=1S/C11H10BrClF2O3/c1-2-17-8(16)5-6-3-4-7(13)10(9(6)12)18-11(14)15/h3-4,11H,2,5H2,1H3. The summed E-state index contributed by atoms with van der Waals surface area (Å²) in [4.78, 5) is 11.3. The fourth-order valence-corrected chi connectivity index (χ4v) is 2.17. The Labute approximate surface area is 116 Å². The van der Waals surface area contributed by atoms with E-state index in [1.165, 1.54) is 6.07 Å². The van der Waals surface area contributed by atoms with Crippen LogP contribution in [0, 0.1) is 0 Å². The molecule has 18 heavy (non-hydrogen) atoms. The number of ether oxygens (including phenoxy) is 2. The molecule has 1 rings (SSSR count). The van der Waals surface area contributed by atoms with Crippen molar-refractivity contribution in [2.75, 3.05) is 6.61 Å². The third-order valence-corrected chi connectivity index (χ3v) is 3.14. The monoisotopic (exact) mass is 342 g/mol. The molecule has 0 atom stereocenters. The van der Waals surface area contributed by atoms with Gasteiger partial charge in [0.15, 0.2) is 5.75 Å². The molecule has 0 aliphatic heterocycles. The maximum Gasteiger partial charge on any atom is 0.387 e. The molecule has 3 nitrogen and oxygen atoms in total. The van der Waals surface area contributed by atoms with Gasteiger partial charge in [0, 0.05) is 0 Å². The number of benzene rings is 1. The summed E-state index contributed by atoms with van der Waals surface area (Å²) >= 11 is 8.83. The first kappa shape index (κ1) is 15.2. The Morgan fingerprint density at radius 3 is 2.72 bits per heavy atom. The van der Waals surface area contributed by atoms with Gasteiger partial charge in [-0.25, -0.2) is 0 Å². The lowest BCUT2D eigenvalue weighted by Crippen LogP contribution is -2.09. The van der Waals surface area contributed by atoms with Gasteiger partial charge >= 0.3 is 12.6 Å². The normalized spacial score (nSPS) is 10.6. The summed E-state index contributed by atoms with van der Waals surface area (Å²) in [5.74, 6) is -0.642. The molecule has 0 aliphatic rings. The predicted octanol–water partition coefficient (Wildman–Crippen LogP) is 3.81. The first-order valence-electron chi connectivity index (χ1n) is 5.03. The van der Waals surface area contributed by atoms with Gasteiger partial charge in [-0.15, -0.1) is 0 Å². The molecule has 100 valence electrons. The second-order valence-electron chi connectivity index (χ2n) is 3.21. The number of rotatable bonds is 5. The Morgan fingerprint density at radius 2 is 2.17 bits per heavy atom.